The molecule has 1 aliphatic heterocycles. The summed E-state index contributed by atoms with van der Waals surface area (Å²) in [4.78, 5) is 14.0. The first-order valence-corrected chi connectivity index (χ1v) is 7.93. The molecule has 0 saturated heterocycles. The Morgan fingerprint density at radius 1 is 1.42 bits per heavy atom. The molecule has 0 bridgehead atoms. The van der Waals surface area contributed by atoms with Crippen molar-refractivity contribution in [2.45, 2.75) is 13.5 Å². The first kappa shape index (κ1) is 16.6. The van der Waals surface area contributed by atoms with Crippen LogP contribution in [0.3, 0.4) is 0 Å². The first-order chi connectivity index (χ1) is 11.5. The molecule has 2 aromatic rings. The highest BCUT2D eigenvalue weighted by atomic mass is 35.5. The lowest BCUT2D eigenvalue weighted by molar-refractivity contribution is 0.0595. The second-order valence-corrected chi connectivity index (χ2v) is 5.99. The maximum absolute atomic E-state index is 14.5. The molecule has 0 atom stereocenters. The molecule has 126 valence electrons. The number of hydrogen-bond acceptors (Lipinski definition) is 4. The largest absolute Gasteiger partial charge is 0.489 e. The van der Waals surface area contributed by atoms with Crippen molar-refractivity contribution in [3.63, 3.8) is 0 Å². The van der Waals surface area contributed by atoms with Crippen molar-refractivity contribution < 1.29 is 18.7 Å². The summed E-state index contributed by atoms with van der Waals surface area (Å²) in [5.74, 6) is -1.17. The standard InChI is InChI=1S/C18H17ClFNO3/c1-11-5-3-4-6-12(11)10-21-7-8-24-14-9-13(19)16(20)15(17(14)21)18(22)23-2/h3-6,9H,7-8,10H2,1-2H3. The van der Waals surface area contributed by atoms with Crippen LogP contribution in [0.2, 0.25) is 5.02 Å². The summed E-state index contributed by atoms with van der Waals surface area (Å²) in [6.45, 7) is 3.52. The SMILES string of the molecule is COC(=O)c1c(F)c(Cl)cc2c1N(Cc1ccccc1C)CCO2. The van der Waals surface area contributed by atoms with E-state index in [0.29, 0.717) is 31.1 Å². The number of halogens is 2. The average molecular weight is 350 g/mol. The van der Waals surface area contributed by atoms with Gasteiger partial charge in [0.15, 0.2) is 5.82 Å². The van der Waals surface area contributed by atoms with Crippen molar-refractivity contribution in [1.82, 2.24) is 0 Å². The normalized spacial score (nSPS) is 13.2. The van der Waals surface area contributed by atoms with E-state index in [-0.39, 0.29) is 10.6 Å². The van der Waals surface area contributed by atoms with Gasteiger partial charge in [-0.25, -0.2) is 9.18 Å². The van der Waals surface area contributed by atoms with E-state index in [2.05, 4.69) is 0 Å². The summed E-state index contributed by atoms with van der Waals surface area (Å²) in [6, 6.07) is 9.34. The lowest BCUT2D eigenvalue weighted by Gasteiger charge is -2.33. The zero-order chi connectivity index (χ0) is 17.3. The summed E-state index contributed by atoms with van der Waals surface area (Å²) in [5.41, 5.74) is 2.42. The number of carbonyl (C=O) groups excluding carboxylic acids is 1. The average Bonchev–Trinajstić information content (AvgIpc) is 2.58. The minimum Gasteiger partial charge on any atom is -0.489 e. The van der Waals surface area contributed by atoms with E-state index in [1.54, 1.807) is 0 Å². The predicted octanol–water partition coefficient (Wildman–Crippen LogP) is 3.97. The van der Waals surface area contributed by atoms with Gasteiger partial charge in [-0.2, -0.15) is 0 Å². The number of aryl methyl sites for hydroxylation is 1. The number of rotatable bonds is 3. The van der Waals surface area contributed by atoms with Crippen LogP contribution in [0.25, 0.3) is 0 Å². The quantitative estimate of drug-likeness (QED) is 0.786. The summed E-state index contributed by atoms with van der Waals surface area (Å²) >= 11 is 5.90. The molecule has 2 aromatic carbocycles. The Labute approximate surface area is 144 Å². The molecule has 0 aliphatic carbocycles. The van der Waals surface area contributed by atoms with E-state index in [4.69, 9.17) is 21.1 Å². The zero-order valence-electron chi connectivity index (χ0n) is 13.4. The number of ether oxygens (including phenoxy) is 2. The number of esters is 1. The molecule has 1 heterocycles. The molecule has 0 radical (unpaired) electrons. The molecule has 0 aromatic heterocycles. The molecule has 6 heteroatoms. The Balaban J connectivity index is 2.10. The first-order valence-electron chi connectivity index (χ1n) is 7.55. The van der Waals surface area contributed by atoms with Gasteiger partial charge in [0.2, 0.25) is 0 Å². The minimum absolute atomic E-state index is 0.160. The molecule has 0 amide bonds. The lowest BCUT2D eigenvalue weighted by Crippen LogP contribution is -2.34. The second-order valence-electron chi connectivity index (χ2n) is 5.58. The third-order valence-corrected chi connectivity index (χ3v) is 4.38. The molecule has 0 unspecified atom stereocenters. The maximum atomic E-state index is 14.5. The number of benzene rings is 2. The van der Waals surface area contributed by atoms with Crippen LogP contribution in [-0.2, 0) is 11.3 Å². The van der Waals surface area contributed by atoms with Crippen LogP contribution in [0.4, 0.5) is 10.1 Å². The smallest absolute Gasteiger partial charge is 0.343 e. The molecule has 0 fully saturated rings. The Morgan fingerprint density at radius 2 is 2.17 bits per heavy atom. The van der Waals surface area contributed by atoms with Gasteiger partial charge in [-0.3, -0.25) is 0 Å². The molecule has 24 heavy (non-hydrogen) atoms. The van der Waals surface area contributed by atoms with Gasteiger partial charge < -0.3 is 14.4 Å². The van der Waals surface area contributed by atoms with Crippen molar-refractivity contribution in [2.75, 3.05) is 25.2 Å². The Kier molecular flexibility index (Phi) is 4.62. The van der Waals surface area contributed by atoms with Crippen LogP contribution in [0.1, 0.15) is 21.5 Å². The van der Waals surface area contributed by atoms with E-state index in [0.717, 1.165) is 11.1 Å². The number of carbonyl (C=O) groups is 1. The molecule has 4 nitrogen and oxygen atoms in total. The molecule has 0 spiro atoms. The Morgan fingerprint density at radius 3 is 2.88 bits per heavy atom. The topological polar surface area (TPSA) is 38.8 Å². The van der Waals surface area contributed by atoms with E-state index in [1.807, 2.05) is 36.1 Å². The molecule has 0 saturated carbocycles. The van der Waals surface area contributed by atoms with Gasteiger partial charge in [0.1, 0.15) is 17.9 Å². The van der Waals surface area contributed by atoms with Gasteiger partial charge in [-0.15, -0.1) is 0 Å². The number of anilines is 1. The van der Waals surface area contributed by atoms with Crippen LogP contribution in [0, 0.1) is 12.7 Å². The fourth-order valence-electron chi connectivity index (χ4n) is 2.83. The number of methoxy groups -OCH3 is 1. The van der Waals surface area contributed by atoms with E-state index < -0.39 is 11.8 Å². The monoisotopic (exact) mass is 349 g/mol. The number of fused-ring (bicyclic) bond motifs is 1. The van der Waals surface area contributed by atoms with Crippen LogP contribution in [0.5, 0.6) is 5.75 Å². The highest BCUT2D eigenvalue weighted by Gasteiger charge is 2.30. The Hall–Kier alpha value is -2.27. The van der Waals surface area contributed by atoms with Crippen LogP contribution in [-0.4, -0.2) is 26.2 Å². The van der Waals surface area contributed by atoms with Gasteiger partial charge in [0, 0.05) is 12.6 Å². The van der Waals surface area contributed by atoms with Crippen molar-refractivity contribution in [3.05, 3.63) is 57.9 Å². The highest BCUT2D eigenvalue weighted by Crippen LogP contribution is 2.41. The molecule has 0 N–H and O–H groups in total. The molecular weight excluding hydrogens is 333 g/mol. The van der Waals surface area contributed by atoms with Crippen molar-refractivity contribution >= 4 is 23.3 Å². The fourth-order valence-corrected chi connectivity index (χ4v) is 3.03. The van der Waals surface area contributed by atoms with Gasteiger partial charge in [0.05, 0.1) is 24.4 Å². The van der Waals surface area contributed by atoms with Crippen molar-refractivity contribution in [2.24, 2.45) is 0 Å². The van der Waals surface area contributed by atoms with Gasteiger partial charge >= 0.3 is 5.97 Å². The van der Waals surface area contributed by atoms with E-state index >= 15 is 0 Å². The van der Waals surface area contributed by atoms with Crippen LogP contribution < -0.4 is 9.64 Å². The van der Waals surface area contributed by atoms with Crippen molar-refractivity contribution in [3.8, 4) is 5.75 Å². The van der Waals surface area contributed by atoms with Gasteiger partial charge in [0.25, 0.3) is 0 Å². The maximum Gasteiger partial charge on any atom is 0.343 e. The van der Waals surface area contributed by atoms with E-state index in [9.17, 15) is 9.18 Å². The summed E-state index contributed by atoms with van der Waals surface area (Å²) in [7, 11) is 1.21. The highest BCUT2D eigenvalue weighted by molar-refractivity contribution is 6.31. The molecule has 3 rings (SSSR count). The third-order valence-electron chi connectivity index (χ3n) is 4.10. The van der Waals surface area contributed by atoms with Crippen LogP contribution >= 0.6 is 11.6 Å². The van der Waals surface area contributed by atoms with Crippen LogP contribution in [0.15, 0.2) is 30.3 Å². The third kappa shape index (κ3) is 2.91. The second kappa shape index (κ2) is 6.69. The number of nitrogens with zero attached hydrogens (tertiary/aromatic N) is 1. The van der Waals surface area contributed by atoms with E-state index in [1.165, 1.54) is 13.2 Å². The summed E-state index contributed by atoms with van der Waals surface area (Å²) < 4.78 is 24.8. The van der Waals surface area contributed by atoms with Gasteiger partial charge in [-0.1, -0.05) is 35.9 Å². The molecule has 1 aliphatic rings. The Bertz CT molecular complexity index is 794. The number of hydrogen-bond donors (Lipinski definition) is 0. The summed E-state index contributed by atoms with van der Waals surface area (Å²) in [5, 5.41) is -0.160. The minimum atomic E-state index is -0.789. The summed E-state index contributed by atoms with van der Waals surface area (Å²) in [6.07, 6.45) is 0. The molecular formula is C18H17ClFNO3. The van der Waals surface area contributed by atoms with Crippen molar-refractivity contribution in [1.29, 1.82) is 0 Å². The lowest BCUT2D eigenvalue weighted by atomic mass is 10.1. The van der Waals surface area contributed by atoms with Gasteiger partial charge in [-0.05, 0) is 18.1 Å². The predicted molar refractivity (Wildman–Crippen MR) is 90.5 cm³/mol. The fraction of sp³-hybridized carbons (Fsp3) is 0.278. The zero-order valence-corrected chi connectivity index (χ0v) is 14.2.